The molecule has 0 radical (unpaired) electrons. The number of hydrogen-bond acceptors (Lipinski definition) is 6. The van der Waals surface area contributed by atoms with Crippen LogP contribution < -0.4 is 0 Å². The van der Waals surface area contributed by atoms with Gasteiger partial charge in [-0.2, -0.15) is 0 Å². The predicted molar refractivity (Wildman–Crippen MR) is 279 cm³/mol. The lowest BCUT2D eigenvalue weighted by Gasteiger charge is -2.18. The number of ether oxygens (including phenoxy) is 3. The highest BCUT2D eigenvalue weighted by atomic mass is 16.6. The molecule has 0 saturated heterocycles. The molecular weight excluding hydrogens is 805 g/mol. The van der Waals surface area contributed by atoms with Gasteiger partial charge in [0.25, 0.3) is 0 Å². The van der Waals surface area contributed by atoms with E-state index < -0.39 is 6.10 Å². The van der Waals surface area contributed by atoms with E-state index in [2.05, 4.69) is 69.4 Å². The summed E-state index contributed by atoms with van der Waals surface area (Å²) in [5, 5.41) is 0. The molecule has 0 bridgehead atoms. The smallest absolute Gasteiger partial charge is 0.306 e. The third kappa shape index (κ3) is 52.2. The minimum absolute atomic E-state index is 0.0907. The van der Waals surface area contributed by atoms with Crippen LogP contribution in [-0.2, 0) is 28.6 Å². The molecule has 0 N–H and O–H groups in total. The molecule has 0 fully saturated rings. The summed E-state index contributed by atoms with van der Waals surface area (Å²) in [5.74, 6) is -0.934. The molecule has 65 heavy (non-hydrogen) atoms. The van der Waals surface area contributed by atoms with Crippen molar-refractivity contribution in [2.75, 3.05) is 13.2 Å². The van der Waals surface area contributed by atoms with Gasteiger partial charge in [-0.1, -0.05) is 262 Å². The molecule has 0 saturated carbocycles. The number of unbranched alkanes of at least 4 members (excludes halogenated alkanes) is 32. The molecule has 0 amide bonds. The van der Waals surface area contributed by atoms with Gasteiger partial charge in [0.1, 0.15) is 13.2 Å². The van der Waals surface area contributed by atoms with Crippen molar-refractivity contribution >= 4 is 17.9 Å². The quantitative estimate of drug-likeness (QED) is 0.0262. The first-order valence-electron chi connectivity index (χ1n) is 28.1. The van der Waals surface area contributed by atoms with Gasteiger partial charge in [-0.05, 0) is 57.8 Å². The topological polar surface area (TPSA) is 78.9 Å². The zero-order valence-electron chi connectivity index (χ0n) is 43.3. The molecule has 0 aliphatic rings. The van der Waals surface area contributed by atoms with Crippen molar-refractivity contribution in [3.05, 3.63) is 48.6 Å². The fourth-order valence-corrected chi connectivity index (χ4v) is 8.08. The first-order chi connectivity index (χ1) is 32.0. The second-order valence-corrected chi connectivity index (χ2v) is 18.9. The van der Waals surface area contributed by atoms with E-state index in [0.29, 0.717) is 19.3 Å². The van der Waals surface area contributed by atoms with Crippen LogP contribution in [0.5, 0.6) is 0 Å². The van der Waals surface area contributed by atoms with E-state index >= 15 is 0 Å². The molecule has 6 heteroatoms. The van der Waals surface area contributed by atoms with Crippen molar-refractivity contribution < 1.29 is 28.6 Å². The van der Waals surface area contributed by atoms with E-state index in [1.807, 2.05) is 0 Å². The Balaban J connectivity index is 4.37. The van der Waals surface area contributed by atoms with Crippen LogP contribution in [-0.4, -0.2) is 37.2 Å². The Bertz CT molecular complexity index is 1140. The van der Waals surface area contributed by atoms with Crippen molar-refractivity contribution in [1.82, 2.24) is 0 Å². The maximum atomic E-state index is 12.8. The van der Waals surface area contributed by atoms with Crippen molar-refractivity contribution in [1.29, 1.82) is 0 Å². The number of rotatable bonds is 51. The summed E-state index contributed by atoms with van der Waals surface area (Å²) in [6, 6.07) is 0. The van der Waals surface area contributed by atoms with Gasteiger partial charge in [0.2, 0.25) is 0 Å². The number of esters is 3. The standard InChI is InChI=1S/C59H106O6/c1-4-7-10-13-16-19-22-24-26-28-29-31-32-34-37-40-43-46-49-52-58(61)64-55-56(54-63-57(60)51-48-45-42-39-36-21-18-15-12-9-6-3)65-59(62)53-50-47-44-41-38-35-33-30-27-25-23-20-17-14-11-8-5-2/h17,20,25,27,33,35,41,44,56H,4-16,18-19,21-24,26,28-32,34,36-40,42-43,45-55H2,1-3H3/b20-17-,27-25-,35-33-,44-41-/t56-/m1/s1. The normalized spacial score (nSPS) is 12.4. The van der Waals surface area contributed by atoms with Crippen molar-refractivity contribution in [2.45, 2.75) is 297 Å². The van der Waals surface area contributed by atoms with Crippen LogP contribution in [0.1, 0.15) is 290 Å². The molecule has 0 spiro atoms. The molecule has 0 heterocycles. The Morgan fingerprint density at radius 3 is 0.908 bits per heavy atom. The fourth-order valence-electron chi connectivity index (χ4n) is 8.08. The Labute approximate surface area is 403 Å². The molecule has 6 nitrogen and oxygen atoms in total. The first kappa shape index (κ1) is 62.4. The summed E-state index contributed by atoms with van der Waals surface area (Å²) in [4.78, 5) is 38.0. The van der Waals surface area contributed by atoms with Gasteiger partial charge in [-0.3, -0.25) is 14.4 Å². The van der Waals surface area contributed by atoms with E-state index in [-0.39, 0.29) is 37.5 Å². The lowest BCUT2D eigenvalue weighted by Crippen LogP contribution is -2.30. The Kier molecular flexibility index (Phi) is 51.8. The Morgan fingerprint density at radius 1 is 0.308 bits per heavy atom. The molecule has 378 valence electrons. The third-order valence-corrected chi connectivity index (χ3v) is 12.3. The first-order valence-corrected chi connectivity index (χ1v) is 28.1. The lowest BCUT2D eigenvalue weighted by molar-refractivity contribution is -0.167. The van der Waals surface area contributed by atoms with Crippen LogP contribution >= 0.6 is 0 Å². The number of carbonyl (C=O) groups excluding carboxylic acids is 3. The summed E-state index contributed by atoms with van der Waals surface area (Å²) < 4.78 is 16.8. The van der Waals surface area contributed by atoms with E-state index in [1.165, 1.54) is 180 Å². The lowest BCUT2D eigenvalue weighted by atomic mass is 10.0. The predicted octanol–water partition coefficient (Wildman–Crippen LogP) is 18.7. The number of carbonyl (C=O) groups is 3. The minimum atomic E-state index is -0.797. The molecule has 0 aromatic heterocycles. The van der Waals surface area contributed by atoms with Crippen molar-refractivity contribution in [2.24, 2.45) is 0 Å². The van der Waals surface area contributed by atoms with E-state index in [4.69, 9.17) is 14.2 Å². The van der Waals surface area contributed by atoms with Gasteiger partial charge in [-0.15, -0.1) is 0 Å². The van der Waals surface area contributed by atoms with Crippen molar-refractivity contribution in [3.8, 4) is 0 Å². The van der Waals surface area contributed by atoms with Gasteiger partial charge >= 0.3 is 17.9 Å². The monoisotopic (exact) mass is 911 g/mol. The van der Waals surface area contributed by atoms with E-state index in [9.17, 15) is 14.4 Å². The van der Waals surface area contributed by atoms with Gasteiger partial charge in [0.15, 0.2) is 6.10 Å². The fraction of sp³-hybridized carbons (Fsp3) is 0.814. The van der Waals surface area contributed by atoms with Crippen LogP contribution in [0.2, 0.25) is 0 Å². The van der Waals surface area contributed by atoms with Crippen LogP contribution in [0.25, 0.3) is 0 Å². The SMILES string of the molecule is CCCCC/C=C\C/C=C\C/C=C\C/C=C\CCCC(=O)O[C@H](COC(=O)CCCCCCCCCCCCC)COC(=O)CCCCCCCCCCCCCCCCCCCCC. The second kappa shape index (κ2) is 54.0. The van der Waals surface area contributed by atoms with Crippen LogP contribution in [0.15, 0.2) is 48.6 Å². The third-order valence-electron chi connectivity index (χ3n) is 12.3. The highest BCUT2D eigenvalue weighted by molar-refractivity contribution is 5.71. The second-order valence-electron chi connectivity index (χ2n) is 18.9. The van der Waals surface area contributed by atoms with Crippen LogP contribution in [0.3, 0.4) is 0 Å². The molecule has 0 aliphatic carbocycles. The largest absolute Gasteiger partial charge is 0.462 e. The summed E-state index contributed by atoms with van der Waals surface area (Å²) in [7, 11) is 0. The summed E-state index contributed by atoms with van der Waals surface area (Å²) in [5.41, 5.74) is 0. The molecule has 0 aliphatic heterocycles. The van der Waals surface area contributed by atoms with Gasteiger partial charge in [-0.25, -0.2) is 0 Å². The van der Waals surface area contributed by atoms with Crippen LogP contribution in [0.4, 0.5) is 0 Å². The highest BCUT2D eigenvalue weighted by Gasteiger charge is 2.19. The number of hydrogen-bond donors (Lipinski definition) is 0. The zero-order valence-corrected chi connectivity index (χ0v) is 43.3. The molecule has 0 rings (SSSR count). The summed E-state index contributed by atoms with van der Waals surface area (Å²) in [6.07, 6.45) is 65.4. The molecular formula is C59H106O6. The molecule has 0 aromatic carbocycles. The van der Waals surface area contributed by atoms with Crippen molar-refractivity contribution in [3.63, 3.8) is 0 Å². The Morgan fingerprint density at radius 2 is 0.569 bits per heavy atom. The highest BCUT2D eigenvalue weighted by Crippen LogP contribution is 2.16. The van der Waals surface area contributed by atoms with Gasteiger partial charge in [0, 0.05) is 19.3 Å². The summed E-state index contributed by atoms with van der Waals surface area (Å²) >= 11 is 0. The molecule has 1 atom stereocenters. The van der Waals surface area contributed by atoms with Gasteiger partial charge in [0.05, 0.1) is 0 Å². The zero-order chi connectivity index (χ0) is 47.2. The van der Waals surface area contributed by atoms with E-state index in [1.54, 1.807) is 0 Å². The maximum absolute atomic E-state index is 12.8. The summed E-state index contributed by atoms with van der Waals surface area (Å²) in [6.45, 7) is 6.59. The average molecular weight is 911 g/mol. The van der Waals surface area contributed by atoms with E-state index in [0.717, 1.165) is 64.2 Å². The molecule has 0 unspecified atom stereocenters. The average Bonchev–Trinajstić information content (AvgIpc) is 3.30. The number of allylic oxidation sites excluding steroid dienone is 8. The maximum Gasteiger partial charge on any atom is 0.306 e. The molecule has 0 aromatic rings. The minimum Gasteiger partial charge on any atom is -0.462 e. The van der Waals surface area contributed by atoms with Gasteiger partial charge < -0.3 is 14.2 Å². The Hall–Kier alpha value is -2.63. The van der Waals surface area contributed by atoms with Crippen LogP contribution in [0, 0.1) is 0 Å².